The van der Waals surface area contributed by atoms with Gasteiger partial charge in [-0.1, -0.05) is 18.9 Å². The number of ether oxygens (including phenoxy) is 2. The molecule has 2 rings (SSSR count). The monoisotopic (exact) mass is 319 g/mol. The first-order valence-electron chi connectivity index (χ1n) is 7.59. The summed E-state index contributed by atoms with van der Waals surface area (Å²) in [4.78, 5) is 23.3. The van der Waals surface area contributed by atoms with Gasteiger partial charge in [0.25, 0.3) is 5.91 Å². The molecule has 2 N–H and O–H groups in total. The van der Waals surface area contributed by atoms with E-state index in [1.54, 1.807) is 12.1 Å². The topological polar surface area (TPSA) is 84.9 Å². The SMILES string of the molecule is COc1cc(C=CC(=O)OCC(=O)NC2CCCC2)ccc1O. The average Bonchev–Trinajstić information content (AvgIpc) is 3.05. The number of hydrogen-bond acceptors (Lipinski definition) is 5. The lowest BCUT2D eigenvalue weighted by atomic mass is 10.2. The third-order valence-electron chi connectivity index (χ3n) is 3.68. The summed E-state index contributed by atoms with van der Waals surface area (Å²) in [6, 6.07) is 4.90. The zero-order valence-electron chi connectivity index (χ0n) is 13.1. The predicted octanol–water partition coefficient (Wildman–Crippen LogP) is 2.02. The number of aromatic hydroxyl groups is 1. The van der Waals surface area contributed by atoms with E-state index in [0.29, 0.717) is 11.3 Å². The largest absolute Gasteiger partial charge is 0.504 e. The van der Waals surface area contributed by atoms with E-state index in [9.17, 15) is 14.7 Å². The summed E-state index contributed by atoms with van der Waals surface area (Å²) in [7, 11) is 1.44. The third kappa shape index (κ3) is 5.32. The van der Waals surface area contributed by atoms with Crippen LogP contribution >= 0.6 is 0 Å². The zero-order valence-corrected chi connectivity index (χ0v) is 13.1. The maximum atomic E-state index is 11.6. The number of benzene rings is 1. The molecule has 0 spiro atoms. The molecular weight excluding hydrogens is 298 g/mol. The van der Waals surface area contributed by atoms with Gasteiger partial charge in [0.05, 0.1) is 7.11 Å². The molecule has 124 valence electrons. The smallest absolute Gasteiger partial charge is 0.331 e. The maximum Gasteiger partial charge on any atom is 0.331 e. The first kappa shape index (κ1) is 16.9. The first-order chi connectivity index (χ1) is 11.1. The van der Waals surface area contributed by atoms with Gasteiger partial charge >= 0.3 is 5.97 Å². The summed E-state index contributed by atoms with van der Waals surface area (Å²) in [5, 5.41) is 12.3. The van der Waals surface area contributed by atoms with E-state index >= 15 is 0 Å². The molecule has 0 atom stereocenters. The Balaban J connectivity index is 1.78. The number of phenolic OH excluding ortho intramolecular Hbond substituents is 1. The van der Waals surface area contributed by atoms with Crippen LogP contribution in [0.25, 0.3) is 6.08 Å². The van der Waals surface area contributed by atoms with Crippen LogP contribution in [0, 0.1) is 0 Å². The maximum absolute atomic E-state index is 11.6. The highest BCUT2D eigenvalue weighted by Gasteiger charge is 2.17. The first-order valence-corrected chi connectivity index (χ1v) is 7.59. The number of carbonyl (C=O) groups is 2. The summed E-state index contributed by atoms with van der Waals surface area (Å²) in [5.74, 6) is -0.532. The summed E-state index contributed by atoms with van der Waals surface area (Å²) in [5.41, 5.74) is 0.673. The van der Waals surface area contributed by atoms with Crippen molar-refractivity contribution in [2.24, 2.45) is 0 Å². The van der Waals surface area contributed by atoms with Crippen molar-refractivity contribution < 1.29 is 24.2 Å². The van der Waals surface area contributed by atoms with Crippen molar-refractivity contribution in [3.63, 3.8) is 0 Å². The zero-order chi connectivity index (χ0) is 16.7. The number of phenols is 1. The molecular formula is C17H21NO5. The number of rotatable bonds is 6. The lowest BCUT2D eigenvalue weighted by Crippen LogP contribution is -2.35. The fraction of sp³-hybridized carbons (Fsp3) is 0.412. The van der Waals surface area contributed by atoms with Gasteiger partial charge in [0.2, 0.25) is 0 Å². The van der Waals surface area contributed by atoms with E-state index in [-0.39, 0.29) is 24.3 Å². The number of methoxy groups -OCH3 is 1. The number of hydrogen-bond donors (Lipinski definition) is 2. The fourth-order valence-electron chi connectivity index (χ4n) is 2.49. The van der Waals surface area contributed by atoms with Crippen LogP contribution in [0.15, 0.2) is 24.3 Å². The lowest BCUT2D eigenvalue weighted by molar-refractivity contribution is -0.144. The van der Waals surface area contributed by atoms with Crippen LogP contribution in [-0.2, 0) is 14.3 Å². The Morgan fingerprint density at radius 3 is 2.78 bits per heavy atom. The second kappa shape index (κ2) is 8.22. The highest BCUT2D eigenvalue weighted by atomic mass is 16.5. The summed E-state index contributed by atoms with van der Waals surface area (Å²) in [6.07, 6.45) is 6.99. The molecule has 23 heavy (non-hydrogen) atoms. The lowest BCUT2D eigenvalue weighted by Gasteiger charge is -2.11. The minimum atomic E-state index is -0.599. The minimum absolute atomic E-state index is 0.0239. The molecule has 1 aromatic carbocycles. The fourth-order valence-corrected chi connectivity index (χ4v) is 2.49. The molecule has 1 aliphatic carbocycles. The Morgan fingerprint density at radius 2 is 2.09 bits per heavy atom. The Hall–Kier alpha value is -2.50. The normalized spacial score (nSPS) is 14.8. The third-order valence-corrected chi connectivity index (χ3v) is 3.68. The van der Waals surface area contributed by atoms with Crippen molar-refractivity contribution in [2.45, 2.75) is 31.7 Å². The molecule has 1 amide bonds. The number of carbonyl (C=O) groups excluding carboxylic acids is 2. The van der Waals surface area contributed by atoms with Crippen molar-refractivity contribution in [1.29, 1.82) is 0 Å². The van der Waals surface area contributed by atoms with Crippen LogP contribution in [0.3, 0.4) is 0 Å². The number of amides is 1. The van der Waals surface area contributed by atoms with Crippen LogP contribution in [0.5, 0.6) is 11.5 Å². The molecule has 0 heterocycles. The van der Waals surface area contributed by atoms with Gasteiger partial charge in [0.15, 0.2) is 18.1 Å². The van der Waals surface area contributed by atoms with Crippen molar-refractivity contribution in [3.8, 4) is 11.5 Å². The van der Waals surface area contributed by atoms with Gasteiger partial charge < -0.3 is 19.9 Å². The quantitative estimate of drug-likeness (QED) is 0.619. The Bertz CT molecular complexity index is 591. The van der Waals surface area contributed by atoms with Gasteiger partial charge in [-0.2, -0.15) is 0 Å². The van der Waals surface area contributed by atoms with Gasteiger partial charge in [-0.15, -0.1) is 0 Å². The molecule has 0 aromatic heterocycles. The Labute approximate surface area is 135 Å². The van der Waals surface area contributed by atoms with Crippen LogP contribution < -0.4 is 10.1 Å². The minimum Gasteiger partial charge on any atom is -0.504 e. The summed E-state index contributed by atoms with van der Waals surface area (Å²) < 4.78 is 9.88. The number of nitrogens with one attached hydrogen (secondary N) is 1. The molecule has 0 unspecified atom stereocenters. The Kier molecular flexibility index (Phi) is 6.02. The van der Waals surface area contributed by atoms with Crippen molar-refractivity contribution in [3.05, 3.63) is 29.8 Å². The van der Waals surface area contributed by atoms with E-state index in [1.165, 1.54) is 25.3 Å². The van der Waals surface area contributed by atoms with Crippen molar-refractivity contribution >= 4 is 18.0 Å². The second-order valence-electron chi connectivity index (χ2n) is 5.42. The van der Waals surface area contributed by atoms with Crippen LogP contribution in [0.4, 0.5) is 0 Å². The van der Waals surface area contributed by atoms with E-state index in [0.717, 1.165) is 25.7 Å². The number of esters is 1. The van der Waals surface area contributed by atoms with Gasteiger partial charge in [0.1, 0.15) is 0 Å². The van der Waals surface area contributed by atoms with Gasteiger partial charge in [-0.05, 0) is 36.6 Å². The van der Waals surface area contributed by atoms with Gasteiger partial charge in [-0.3, -0.25) is 4.79 Å². The van der Waals surface area contributed by atoms with Gasteiger partial charge in [-0.25, -0.2) is 4.79 Å². The Morgan fingerprint density at radius 1 is 1.35 bits per heavy atom. The molecule has 0 saturated heterocycles. The molecule has 6 heteroatoms. The van der Waals surface area contributed by atoms with E-state index in [4.69, 9.17) is 9.47 Å². The van der Waals surface area contributed by atoms with Crippen LogP contribution in [0.1, 0.15) is 31.2 Å². The predicted molar refractivity (Wildman–Crippen MR) is 85.1 cm³/mol. The molecule has 1 aromatic rings. The molecule has 1 saturated carbocycles. The standard InChI is InChI=1S/C17H21NO5/c1-22-15-10-12(6-8-14(15)19)7-9-17(21)23-11-16(20)18-13-4-2-3-5-13/h6-10,13,19H,2-5,11H2,1H3,(H,18,20). The molecule has 0 bridgehead atoms. The summed E-state index contributed by atoms with van der Waals surface area (Å²) in [6.45, 7) is -0.279. The molecule has 6 nitrogen and oxygen atoms in total. The molecule has 0 aliphatic heterocycles. The highest BCUT2D eigenvalue weighted by molar-refractivity contribution is 5.89. The van der Waals surface area contributed by atoms with E-state index < -0.39 is 5.97 Å². The van der Waals surface area contributed by atoms with E-state index in [2.05, 4.69) is 5.32 Å². The highest BCUT2D eigenvalue weighted by Crippen LogP contribution is 2.26. The van der Waals surface area contributed by atoms with Crippen molar-refractivity contribution in [2.75, 3.05) is 13.7 Å². The molecule has 0 radical (unpaired) electrons. The van der Waals surface area contributed by atoms with Crippen LogP contribution in [0.2, 0.25) is 0 Å². The van der Waals surface area contributed by atoms with Crippen molar-refractivity contribution in [1.82, 2.24) is 5.32 Å². The van der Waals surface area contributed by atoms with E-state index in [1.807, 2.05) is 0 Å². The summed E-state index contributed by atoms with van der Waals surface area (Å²) >= 11 is 0. The molecule has 1 fully saturated rings. The van der Waals surface area contributed by atoms with Crippen LogP contribution in [-0.4, -0.2) is 36.7 Å². The van der Waals surface area contributed by atoms with Gasteiger partial charge in [0, 0.05) is 12.1 Å². The molecule has 1 aliphatic rings. The average molecular weight is 319 g/mol. The second-order valence-corrected chi connectivity index (χ2v) is 5.42.